The number of aromatic nitrogens is 2. The van der Waals surface area contributed by atoms with Crippen molar-refractivity contribution in [2.75, 3.05) is 18.7 Å². The average Bonchev–Trinajstić information content (AvgIpc) is 3.16. The van der Waals surface area contributed by atoms with Crippen LogP contribution in [0.1, 0.15) is 15.9 Å². The molecule has 0 fully saturated rings. The van der Waals surface area contributed by atoms with Crippen LogP contribution in [0.25, 0.3) is 0 Å². The predicted octanol–water partition coefficient (Wildman–Crippen LogP) is 3.57. The molecule has 0 aliphatic carbocycles. The molecule has 2 aromatic carbocycles. The minimum atomic E-state index is -0.225. The highest BCUT2D eigenvalue weighted by molar-refractivity contribution is 6.30. The summed E-state index contributed by atoms with van der Waals surface area (Å²) < 4.78 is 10.6. The fourth-order valence-corrected chi connectivity index (χ4v) is 2.94. The van der Waals surface area contributed by atoms with Crippen molar-refractivity contribution in [1.29, 1.82) is 0 Å². The van der Waals surface area contributed by atoms with Crippen molar-refractivity contribution in [3.8, 4) is 11.5 Å². The van der Waals surface area contributed by atoms with E-state index in [1.807, 2.05) is 42.5 Å². The topological polar surface area (TPSA) is 85.4 Å². The minimum Gasteiger partial charge on any atom is -0.454 e. The van der Waals surface area contributed by atoms with Crippen LogP contribution in [0.15, 0.2) is 54.9 Å². The number of hydrogen-bond acceptors (Lipinski definition) is 6. The summed E-state index contributed by atoms with van der Waals surface area (Å²) in [5.41, 5.74) is 2.22. The average molecular weight is 397 g/mol. The molecule has 0 spiro atoms. The second-order valence-corrected chi connectivity index (χ2v) is 6.56. The van der Waals surface area contributed by atoms with Crippen molar-refractivity contribution in [2.45, 2.75) is 6.42 Å². The first-order valence-electron chi connectivity index (χ1n) is 8.69. The van der Waals surface area contributed by atoms with Crippen molar-refractivity contribution < 1.29 is 14.3 Å². The highest BCUT2D eigenvalue weighted by Gasteiger charge is 2.14. The van der Waals surface area contributed by atoms with Crippen LogP contribution in [-0.2, 0) is 6.42 Å². The van der Waals surface area contributed by atoms with E-state index in [2.05, 4.69) is 20.6 Å². The van der Waals surface area contributed by atoms with E-state index in [4.69, 9.17) is 21.1 Å². The molecule has 3 aromatic rings. The summed E-state index contributed by atoms with van der Waals surface area (Å²) in [4.78, 5) is 20.6. The molecule has 4 rings (SSSR count). The van der Waals surface area contributed by atoms with Gasteiger partial charge in [-0.2, -0.15) is 0 Å². The van der Waals surface area contributed by atoms with E-state index >= 15 is 0 Å². The first kappa shape index (κ1) is 18.1. The number of fused-ring (bicyclic) bond motifs is 1. The van der Waals surface area contributed by atoms with Gasteiger partial charge in [0.05, 0.1) is 5.56 Å². The van der Waals surface area contributed by atoms with Gasteiger partial charge in [0.1, 0.15) is 0 Å². The second kappa shape index (κ2) is 8.14. The van der Waals surface area contributed by atoms with Gasteiger partial charge in [0.25, 0.3) is 5.91 Å². The maximum Gasteiger partial charge on any atom is 0.254 e. The van der Waals surface area contributed by atoms with Crippen molar-refractivity contribution in [1.82, 2.24) is 15.3 Å². The summed E-state index contributed by atoms with van der Waals surface area (Å²) in [7, 11) is 0. The molecule has 0 saturated carbocycles. The van der Waals surface area contributed by atoms with Gasteiger partial charge >= 0.3 is 0 Å². The highest BCUT2D eigenvalue weighted by Crippen LogP contribution is 2.34. The van der Waals surface area contributed by atoms with Crippen molar-refractivity contribution in [3.63, 3.8) is 0 Å². The maximum absolute atomic E-state index is 12.2. The Morgan fingerprint density at radius 3 is 2.71 bits per heavy atom. The lowest BCUT2D eigenvalue weighted by molar-refractivity contribution is 0.0953. The number of nitrogens with zero attached hydrogens (tertiary/aromatic N) is 2. The zero-order valence-corrected chi connectivity index (χ0v) is 15.6. The Labute approximate surface area is 166 Å². The number of nitrogens with one attached hydrogen (secondary N) is 2. The smallest absolute Gasteiger partial charge is 0.254 e. The third-order valence-corrected chi connectivity index (χ3v) is 4.37. The normalized spacial score (nSPS) is 11.9. The Morgan fingerprint density at radius 2 is 1.89 bits per heavy atom. The number of benzene rings is 2. The Morgan fingerprint density at radius 1 is 1.07 bits per heavy atom. The van der Waals surface area contributed by atoms with E-state index < -0.39 is 0 Å². The van der Waals surface area contributed by atoms with Gasteiger partial charge in [0.2, 0.25) is 12.7 Å². The van der Waals surface area contributed by atoms with Gasteiger partial charge in [0.15, 0.2) is 11.5 Å². The van der Waals surface area contributed by atoms with Crippen LogP contribution in [0.5, 0.6) is 11.5 Å². The molecule has 0 radical (unpaired) electrons. The lowest BCUT2D eigenvalue weighted by atomic mass is 10.1. The summed E-state index contributed by atoms with van der Waals surface area (Å²) in [5, 5.41) is 6.60. The fourth-order valence-electron chi connectivity index (χ4n) is 2.73. The van der Waals surface area contributed by atoms with Gasteiger partial charge in [-0.1, -0.05) is 23.7 Å². The van der Waals surface area contributed by atoms with Gasteiger partial charge in [-0.15, -0.1) is 0 Å². The zero-order chi connectivity index (χ0) is 19.3. The number of anilines is 2. The molecule has 2 N–H and O–H groups in total. The van der Waals surface area contributed by atoms with E-state index in [0.29, 0.717) is 41.0 Å². The summed E-state index contributed by atoms with van der Waals surface area (Å²) in [5.74, 6) is 1.53. The molecule has 0 atom stereocenters. The number of ether oxygens (including phenoxy) is 2. The molecule has 0 unspecified atom stereocenters. The maximum atomic E-state index is 12.2. The zero-order valence-electron chi connectivity index (χ0n) is 14.8. The Kier molecular flexibility index (Phi) is 5.25. The van der Waals surface area contributed by atoms with Crippen LogP contribution in [-0.4, -0.2) is 29.2 Å². The first-order valence-corrected chi connectivity index (χ1v) is 9.06. The van der Waals surface area contributed by atoms with Gasteiger partial charge in [0, 0.05) is 35.7 Å². The van der Waals surface area contributed by atoms with Crippen LogP contribution in [0.2, 0.25) is 5.02 Å². The molecule has 0 saturated heterocycles. The fraction of sp³-hybridized carbons (Fsp3) is 0.150. The van der Waals surface area contributed by atoms with E-state index in [0.717, 1.165) is 11.3 Å². The van der Waals surface area contributed by atoms with Gasteiger partial charge in [-0.25, -0.2) is 9.97 Å². The molecule has 2 heterocycles. The molecule has 1 aromatic heterocycles. The summed E-state index contributed by atoms with van der Waals surface area (Å²) >= 11 is 5.96. The van der Waals surface area contributed by atoms with Gasteiger partial charge < -0.3 is 20.1 Å². The largest absolute Gasteiger partial charge is 0.454 e. The molecule has 0 bridgehead atoms. The van der Waals surface area contributed by atoms with Crippen molar-refractivity contribution in [2.24, 2.45) is 0 Å². The summed E-state index contributed by atoms with van der Waals surface area (Å²) in [6, 6.07) is 13.0. The third-order valence-electron chi connectivity index (χ3n) is 4.13. The first-order chi connectivity index (χ1) is 13.7. The molecular weight excluding hydrogens is 380 g/mol. The molecule has 142 valence electrons. The van der Waals surface area contributed by atoms with Crippen molar-refractivity contribution >= 4 is 29.1 Å². The number of halogens is 1. The lowest BCUT2D eigenvalue weighted by Gasteiger charge is -2.07. The molecule has 7 nitrogen and oxygen atoms in total. The van der Waals surface area contributed by atoms with Crippen LogP contribution in [0.3, 0.4) is 0 Å². The monoisotopic (exact) mass is 396 g/mol. The van der Waals surface area contributed by atoms with E-state index in [9.17, 15) is 4.79 Å². The van der Waals surface area contributed by atoms with Crippen LogP contribution in [0.4, 0.5) is 11.6 Å². The Balaban J connectivity index is 1.31. The number of carbonyl (C=O) groups is 1. The number of amides is 1. The van der Waals surface area contributed by atoms with E-state index in [-0.39, 0.29) is 12.7 Å². The summed E-state index contributed by atoms with van der Waals surface area (Å²) in [6.07, 6.45) is 3.66. The quantitative estimate of drug-likeness (QED) is 0.662. The molecular formula is C20H17ClN4O3. The minimum absolute atomic E-state index is 0.219. The molecule has 1 aliphatic rings. The van der Waals surface area contributed by atoms with Crippen LogP contribution in [0, 0.1) is 0 Å². The Bertz CT molecular complexity index is 995. The highest BCUT2D eigenvalue weighted by atomic mass is 35.5. The van der Waals surface area contributed by atoms with Gasteiger partial charge in [-0.05, 0) is 36.2 Å². The molecule has 1 aliphatic heterocycles. The van der Waals surface area contributed by atoms with Crippen LogP contribution >= 0.6 is 11.6 Å². The standard InChI is InChI=1S/C20H17ClN4O3/c21-15-3-1-2-13(8-15)6-7-22-19(26)14-10-23-20(24-11-14)25-16-4-5-17-18(9-16)28-12-27-17/h1-5,8-11H,6-7,12H2,(H,22,26)(H,23,24,25). The second-order valence-electron chi connectivity index (χ2n) is 6.12. The number of carbonyl (C=O) groups excluding carboxylic acids is 1. The summed E-state index contributed by atoms with van der Waals surface area (Å²) in [6.45, 7) is 0.715. The predicted molar refractivity (Wildman–Crippen MR) is 105 cm³/mol. The van der Waals surface area contributed by atoms with Crippen molar-refractivity contribution in [3.05, 3.63) is 71.0 Å². The van der Waals surface area contributed by atoms with Crippen LogP contribution < -0.4 is 20.1 Å². The lowest BCUT2D eigenvalue weighted by Crippen LogP contribution is -2.26. The SMILES string of the molecule is O=C(NCCc1cccc(Cl)c1)c1cnc(Nc2ccc3c(c2)OCO3)nc1. The molecule has 1 amide bonds. The van der Waals surface area contributed by atoms with E-state index in [1.165, 1.54) is 12.4 Å². The molecule has 28 heavy (non-hydrogen) atoms. The number of rotatable bonds is 6. The van der Waals surface area contributed by atoms with E-state index in [1.54, 1.807) is 0 Å². The Hall–Kier alpha value is -3.32. The third kappa shape index (κ3) is 4.32. The van der Waals surface area contributed by atoms with Gasteiger partial charge in [-0.3, -0.25) is 4.79 Å². The number of hydrogen-bond donors (Lipinski definition) is 2. The molecule has 8 heteroatoms.